The lowest BCUT2D eigenvalue weighted by atomic mass is 10.5. The molecule has 80 valence electrons. The van der Waals surface area contributed by atoms with Gasteiger partial charge in [-0.1, -0.05) is 16.3 Å². The van der Waals surface area contributed by atoms with Crippen molar-refractivity contribution in [1.82, 2.24) is 14.6 Å². The molecule has 0 saturated heterocycles. The first-order valence-electron chi connectivity index (χ1n) is 4.47. The monoisotopic (exact) mass is 242 g/mol. The smallest absolute Gasteiger partial charge is 0.255 e. The van der Waals surface area contributed by atoms with Gasteiger partial charge in [-0.05, 0) is 6.92 Å². The van der Waals surface area contributed by atoms with Gasteiger partial charge in [-0.25, -0.2) is 4.98 Å². The van der Waals surface area contributed by atoms with Gasteiger partial charge in [-0.2, -0.15) is 0 Å². The van der Waals surface area contributed by atoms with E-state index < -0.39 is 0 Å². The summed E-state index contributed by atoms with van der Waals surface area (Å²) in [5, 5.41) is 8.95. The van der Waals surface area contributed by atoms with Crippen molar-refractivity contribution in [1.29, 1.82) is 0 Å². The Bertz CT molecular complexity index is 400. The largest absolute Gasteiger partial charge is 0.440 e. The molecule has 0 unspecified atom stereocenters. The standard InChI is InChI=1S/C8H10N4OS2/c1-2-9-7-6(11-12-15-7)5-14-8-10-3-4-13-8/h3-4,9H,2,5H2,1H3. The summed E-state index contributed by atoms with van der Waals surface area (Å²) in [4.78, 5) is 4.02. The maximum Gasteiger partial charge on any atom is 0.255 e. The fourth-order valence-electron chi connectivity index (χ4n) is 1.01. The number of thioether (sulfide) groups is 1. The van der Waals surface area contributed by atoms with Gasteiger partial charge in [0.1, 0.15) is 17.0 Å². The SMILES string of the molecule is CCNc1snnc1CSc1ncco1. The molecule has 2 rings (SSSR count). The zero-order valence-corrected chi connectivity index (χ0v) is 9.77. The molecule has 0 aromatic carbocycles. The summed E-state index contributed by atoms with van der Waals surface area (Å²) in [5.74, 6) is 0.722. The van der Waals surface area contributed by atoms with Crippen LogP contribution in [0.25, 0.3) is 0 Å². The normalized spacial score (nSPS) is 10.5. The van der Waals surface area contributed by atoms with E-state index in [1.807, 2.05) is 6.92 Å². The third kappa shape index (κ3) is 2.69. The van der Waals surface area contributed by atoms with E-state index in [2.05, 4.69) is 19.9 Å². The van der Waals surface area contributed by atoms with Crippen LogP contribution < -0.4 is 5.32 Å². The van der Waals surface area contributed by atoms with Crippen LogP contribution in [0.15, 0.2) is 22.1 Å². The number of nitrogens with zero attached hydrogens (tertiary/aromatic N) is 3. The van der Waals surface area contributed by atoms with Gasteiger partial charge >= 0.3 is 0 Å². The lowest BCUT2D eigenvalue weighted by molar-refractivity contribution is 0.454. The Morgan fingerprint density at radius 1 is 1.60 bits per heavy atom. The van der Waals surface area contributed by atoms with Gasteiger partial charge < -0.3 is 9.73 Å². The molecule has 0 saturated carbocycles. The van der Waals surface area contributed by atoms with Crippen LogP contribution >= 0.6 is 23.3 Å². The Hall–Kier alpha value is -1.08. The summed E-state index contributed by atoms with van der Waals surface area (Å²) >= 11 is 2.89. The van der Waals surface area contributed by atoms with Crippen LogP contribution in [0.3, 0.4) is 0 Å². The molecular weight excluding hydrogens is 232 g/mol. The Morgan fingerprint density at radius 2 is 2.53 bits per heavy atom. The highest BCUT2D eigenvalue weighted by Crippen LogP contribution is 2.25. The average molecular weight is 242 g/mol. The summed E-state index contributed by atoms with van der Waals surface area (Å²) in [7, 11) is 0. The van der Waals surface area contributed by atoms with Crippen molar-refractivity contribution in [2.75, 3.05) is 11.9 Å². The molecule has 0 aliphatic heterocycles. The summed E-state index contributed by atoms with van der Waals surface area (Å²) in [5.41, 5.74) is 0.949. The number of hydrogen-bond acceptors (Lipinski definition) is 7. The van der Waals surface area contributed by atoms with Crippen LogP contribution in [-0.2, 0) is 5.75 Å². The third-order valence-corrected chi connectivity index (χ3v) is 3.23. The third-order valence-electron chi connectivity index (χ3n) is 1.64. The zero-order chi connectivity index (χ0) is 10.5. The van der Waals surface area contributed by atoms with Gasteiger partial charge in [0.25, 0.3) is 5.22 Å². The minimum Gasteiger partial charge on any atom is -0.440 e. The molecule has 2 aromatic heterocycles. The van der Waals surface area contributed by atoms with Crippen molar-refractivity contribution in [2.24, 2.45) is 0 Å². The van der Waals surface area contributed by atoms with E-state index in [0.29, 0.717) is 5.22 Å². The van der Waals surface area contributed by atoms with E-state index in [1.54, 1.807) is 12.5 Å². The second kappa shape index (κ2) is 5.13. The molecule has 0 amide bonds. The minimum atomic E-state index is 0.658. The molecule has 0 radical (unpaired) electrons. The van der Waals surface area contributed by atoms with Crippen molar-refractivity contribution in [3.05, 3.63) is 18.2 Å². The van der Waals surface area contributed by atoms with Gasteiger partial charge in [0, 0.05) is 18.1 Å². The van der Waals surface area contributed by atoms with E-state index in [0.717, 1.165) is 23.0 Å². The number of rotatable bonds is 5. The van der Waals surface area contributed by atoms with Crippen LogP contribution in [0.1, 0.15) is 12.6 Å². The first-order valence-corrected chi connectivity index (χ1v) is 6.23. The van der Waals surface area contributed by atoms with Crippen molar-refractivity contribution in [3.8, 4) is 0 Å². The molecule has 0 aliphatic rings. The van der Waals surface area contributed by atoms with Gasteiger partial charge in [-0.15, -0.1) is 5.10 Å². The van der Waals surface area contributed by atoms with E-state index >= 15 is 0 Å². The van der Waals surface area contributed by atoms with Gasteiger partial charge in [0.15, 0.2) is 0 Å². The van der Waals surface area contributed by atoms with Crippen molar-refractivity contribution < 1.29 is 4.42 Å². The predicted molar refractivity (Wildman–Crippen MR) is 60.1 cm³/mol. The summed E-state index contributed by atoms with van der Waals surface area (Å²) in [6.45, 7) is 2.92. The first-order chi connectivity index (χ1) is 7.40. The molecule has 0 atom stereocenters. The Morgan fingerprint density at radius 3 is 3.27 bits per heavy atom. The van der Waals surface area contributed by atoms with Crippen LogP contribution in [0.2, 0.25) is 0 Å². The fraction of sp³-hybridized carbons (Fsp3) is 0.375. The zero-order valence-electron chi connectivity index (χ0n) is 8.14. The number of aromatic nitrogens is 3. The highest BCUT2D eigenvalue weighted by atomic mass is 32.2. The number of anilines is 1. The average Bonchev–Trinajstić information content (AvgIpc) is 2.85. The quantitative estimate of drug-likeness (QED) is 0.811. The Kier molecular flexibility index (Phi) is 3.57. The Labute approximate surface area is 95.5 Å². The molecule has 7 heteroatoms. The number of hydrogen-bond donors (Lipinski definition) is 1. The van der Waals surface area contributed by atoms with E-state index in [-0.39, 0.29) is 0 Å². The summed E-state index contributed by atoms with van der Waals surface area (Å²) in [6.07, 6.45) is 3.19. The van der Waals surface area contributed by atoms with Crippen LogP contribution in [0.4, 0.5) is 5.00 Å². The molecule has 5 nitrogen and oxygen atoms in total. The summed E-state index contributed by atoms with van der Waals surface area (Å²) < 4.78 is 9.02. The highest BCUT2D eigenvalue weighted by molar-refractivity contribution is 7.98. The van der Waals surface area contributed by atoms with E-state index in [4.69, 9.17) is 4.42 Å². The Balaban J connectivity index is 1.95. The maximum absolute atomic E-state index is 5.12. The second-order valence-corrected chi connectivity index (χ2v) is 4.35. The molecular formula is C8H10N4OS2. The van der Waals surface area contributed by atoms with Gasteiger partial charge in [-0.3, -0.25) is 0 Å². The van der Waals surface area contributed by atoms with Crippen molar-refractivity contribution in [2.45, 2.75) is 17.9 Å². The fourth-order valence-corrected chi connectivity index (χ4v) is 2.47. The van der Waals surface area contributed by atoms with Crippen LogP contribution in [0.5, 0.6) is 0 Å². The molecule has 0 bridgehead atoms. The number of nitrogens with one attached hydrogen (secondary N) is 1. The molecule has 2 heterocycles. The topological polar surface area (TPSA) is 63.8 Å². The van der Waals surface area contributed by atoms with Crippen molar-refractivity contribution in [3.63, 3.8) is 0 Å². The molecule has 2 aromatic rings. The second-order valence-electron chi connectivity index (χ2n) is 2.67. The number of oxazole rings is 1. The molecule has 0 spiro atoms. The first kappa shape index (κ1) is 10.4. The molecule has 15 heavy (non-hydrogen) atoms. The molecule has 1 N–H and O–H groups in total. The highest BCUT2D eigenvalue weighted by Gasteiger charge is 2.08. The van der Waals surface area contributed by atoms with E-state index in [9.17, 15) is 0 Å². The summed E-state index contributed by atoms with van der Waals surface area (Å²) in [6, 6.07) is 0. The molecule has 0 aliphatic carbocycles. The van der Waals surface area contributed by atoms with Gasteiger partial charge in [0.05, 0.1) is 11.9 Å². The van der Waals surface area contributed by atoms with Crippen molar-refractivity contribution >= 4 is 28.3 Å². The predicted octanol–water partition coefficient (Wildman–Crippen LogP) is 2.25. The molecule has 0 fully saturated rings. The van der Waals surface area contributed by atoms with Gasteiger partial charge in [0.2, 0.25) is 0 Å². The van der Waals surface area contributed by atoms with Crippen LogP contribution in [0, 0.1) is 0 Å². The lowest BCUT2D eigenvalue weighted by Gasteiger charge is -1.99. The lowest BCUT2D eigenvalue weighted by Crippen LogP contribution is -1.97. The maximum atomic E-state index is 5.12. The van der Waals surface area contributed by atoms with E-state index in [1.165, 1.54) is 23.3 Å². The van der Waals surface area contributed by atoms with Crippen LogP contribution in [-0.4, -0.2) is 21.1 Å². The minimum absolute atomic E-state index is 0.658.